The summed E-state index contributed by atoms with van der Waals surface area (Å²) in [4.78, 5) is 13.9. The summed E-state index contributed by atoms with van der Waals surface area (Å²) in [5.74, 6) is -0.103. The zero-order valence-electron chi connectivity index (χ0n) is 10.2. The third-order valence-electron chi connectivity index (χ3n) is 2.90. The molecule has 0 aliphatic carbocycles. The van der Waals surface area contributed by atoms with E-state index in [2.05, 4.69) is 5.32 Å². The van der Waals surface area contributed by atoms with Gasteiger partial charge in [0, 0.05) is 19.1 Å². The number of hydrogen-bond acceptors (Lipinski definition) is 3. The molecule has 2 rings (SSSR count). The molecule has 1 fully saturated rings. The Morgan fingerprint density at radius 3 is 2.84 bits per heavy atom. The van der Waals surface area contributed by atoms with Crippen molar-refractivity contribution in [2.24, 2.45) is 5.73 Å². The summed E-state index contributed by atoms with van der Waals surface area (Å²) < 4.78 is 0. The first-order valence-corrected chi connectivity index (χ1v) is 6.53. The average Bonchev–Trinajstić information content (AvgIpc) is 2.70. The van der Waals surface area contributed by atoms with Gasteiger partial charge in [0.15, 0.2) is 0 Å². The van der Waals surface area contributed by atoms with E-state index in [0.29, 0.717) is 22.3 Å². The van der Waals surface area contributed by atoms with Gasteiger partial charge in [0.2, 0.25) is 5.91 Å². The van der Waals surface area contributed by atoms with Crippen molar-refractivity contribution in [3.05, 3.63) is 28.2 Å². The number of halogens is 3. The van der Waals surface area contributed by atoms with Crippen molar-refractivity contribution in [1.29, 1.82) is 0 Å². The highest BCUT2D eigenvalue weighted by atomic mass is 35.5. The molecule has 1 aromatic rings. The number of carbonyl (C=O) groups excluding carboxylic acids is 1. The van der Waals surface area contributed by atoms with Crippen LogP contribution in [0.25, 0.3) is 0 Å². The molecule has 1 saturated heterocycles. The van der Waals surface area contributed by atoms with E-state index in [0.717, 1.165) is 19.5 Å². The van der Waals surface area contributed by atoms with Crippen molar-refractivity contribution in [2.75, 3.05) is 25.0 Å². The quantitative estimate of drug-likeness (QED) is 0.897. The van der Waals surface area contributed by atoms with Crippen molar-refractivity contribution in [2.45, 2.75) is 12.5 Å². The summed E-state index contributed by atoms with van der Waals surface area (Å²) in [6.07, 6.45) is 0.936. The van der Waals surface area contributed by atoms with Gasteiger partial charge in [0.1, 0.15) is 0 Å². The highest BCUT2D eigenvalue weighted by molar-refractivity contribution is 6.43. The number of nitrogens with zero attached hydrogens (tertiary/aromatic N) is 1. The predicted molar refractivity (Wildman–Crippen MR) is 81.4 cm³/mol. The fraction of sp³-hybridized carbons (Fsp3) is 0.417. The molecule has 0 radical (unpaired) electrons. The summed E-state index contributed by atoms with van der Waals surface area (Å²) in [7, 11) is 0. The first-order chi connectivity index (χ1) is 8.56. The minimum atomic E-state index is -0.103. The Balaban J connectivity index is 0.00000180. The fourth-order valence-electron chi connectivity index (χ4n) is 2.00. The Labute approximate surface area is 128 Å². The topological polar surface area (TPSA) is 58.4 Å². The first-order valence-electron chi connectivity index (χ1n) is 5.78. The maximum atomic E-state index is 11.8. The molecule has 19 heavy (non-hydrogen) atoms. The van der Waals surface area contributed by atoms with Gasteiger partial charge < -0.3 is 11.1 Å². The van der Waals surface area contributed by atoms with Crippen LogP contribution < -0.4 is 11.1 Å². The molecule has 1 atom stereocenters. The lowest BCUT2D eigenvalue weighted by atomic mass is 10.3. The van der Waals surface area contributed by atoms with Crippen LogP contribution in [0, 0.1) is 0 Å². The maximum absolute atomic E-state index is 11.8. The standard InChI is InChI=1S/C12H15Cl2N3O.ClH/c13-9-2-1-3-10(12(9)14)16-11(18)7-17-5-4-8(15)6-17;/h1-3,8H,4-7,15H2,(H,16,18);1H/t8-;/m1./s1. The fourth-order valence-corrected chi connectivity index (χ4v) is 2.35. The molecule has 1 heterocycles. The van der Waals surface area contributed by atoms with Gasteiger partial charge in [-0.2, -0.15) is 0 Å². The first kappa shape index (κ1) is 16.5. The monoisotopic (exact) mass is 323 g/mol. The smallest absolute Gasteiger partial charge is 0.238 e. The van der Waals surface area contributed by atoms with E-state index in [1.54, 1.807) is 18.2 Å². The molecule has 1 aliphatic rings. The Bertz CT molecular complexity index is 456. The molecule has 0 saturated carbocycles. The molecule has 0 unspecified atom stereocenters. The van der Waals surface area contributed by atoms with Crippen molar-refractivity contribution >= 4 is 47.2 Å². The second-order valence-corrected chi connectivity index (χ2v) is 5.22. The number of hydrogen-bond donors (Lipinski definition) is 2. The molecule has 0 spiro atoms. The minimum Gasteiger partial charge on any atom is -0.326 e. The number of likely N-dealkylation sites (tertiary alicyclic amines) is 1. The predicted octanol–water partition coefficient (Wildman–Crippen LogP) is 2.39. The normalized spacial score (nSPS) is 19.0. The highest BCUT2D eigenvalue weighted by Crippen LogP contribution is 2.29. The highest BCUT2D eigenvalue weighted by Gasteiger charge is 2.21. The lowest BCUT2D eigenvalue weighted by Gasteiger charge is -2.15. The number of benzene rings is 1. The van der Waals surface area contributed by atoms with E-state index in [1.165, 1.54) is 0 Å². The van der Waals surface area contributed by atoms with Gasteiger partial charge in [-0.1, -0.05) is 29.3 Å². The summed E-state index contributed by atoms with van der Waals surface area (Å²) >= 11 is 11.9. The molecule has 1 aromatic carbocycles. The van der Waals surface area contributed by atoms with Crippen molar-refractivity contribution in [3.8, 4) is 0 Å². The van der Waals surface area contributed by atoms with Gasteiger partial charge >= 0.3 is 0 Å². The number of nitrogens with two attached hydrogens (primary N) is 1. The molecule has 3 N–H and O–H groups in total. The van der Waals surface area contributed by atoms with Crippen LogP contribution in [-0.4, -0.2) is 36.5 Å². The largest absolute Gasteiger partial charge is 0.326 e. The van der Waals surface area contributed by atoms with Crippen molar-refractivity contribution < 1.29 is 4.79 Å². The molecule has 1 amide bonds. The lowest BCUT2D eigenvalue weighted by Crippen LogP contribution is -2.33. The number of anilines is 1. The zero-order chi connectivity index (χ0) is 13.1. The molecule has 1 aliphatic heterocycles. The Morgan fingerprint density at radius 1 is 1.47 bits per heavy atom. The average molecular weight is 325 g/mol. The van der Waals surface area contributed by atoms with Gasteiger partial charge in [-0.25, -0.2) is 0 Å². The summed E-state index contributed by atoms with van der Waals surface area (Å²) in [5, 5.41) is 3.55. The van der Waals surface area contributed by atoms with E-state index in [9.17, 15) is 4.79 Å². The third kappa shape index (κ3) is 4.51. The van der Waals surface area contributed by atoms with Gasteiger partial charge in [-0.15, -0.1) is 12.4 Å². The minimum absolute atomic E-state index is 0. The number of nitrogens with one attached hydrogen (secondary N) is 1. The molecular formula is C12H16Cl3N3O. The van der Waals surface area contributed by atoms with Crippen LogP contribution in [0.5, 0.6) is 0 Å². The van der Waals surface area contributed by atoms with E-state index < -0.39 is 0 Å². The Kier molecular flexibility index (Phi) is 6.36. The summed E-state index contributed by atoms with van der Waals surface area (Å²) in [6, 6.07) is 5.32. The molecule has 7 heteroatoms. The van der Waals surface area contributed by atoms with Crippen LogP contribution in [0.4, 0.5) is 5.69 Å². The molecule has 106 valence electrons. The van der Waals surface area contributed by atoms with Crippen LogP contribution in [0.2, 0.25) is 10.0 Å². The lowest BCUT2D eigenvalue weighted by molar-refractivity contribution is -0.117. The van der Waals surface area contributed by atoms with E-state index in [1.807, 2.05) is 4.90 Å². The van der Waals surface area contributed by atoms with E-state index >= 15 is 0 Å². The van der Waals surface area contributed by atoms with Gasteiger partial charge in [-0.3, -0.25) is 9.69 Å². The number of rotatable bonds is 3. The van der Waals surface area contributed by atoms with Crippen LogP contribution in [-0.2, 0) is 4.79 Å². The second kappa shape index (κ2) is 7.31. The molecule has 0 bridgehead atoms. The van der Waals surface area contributed by atoms with Crippen molar-refractivity contribution in [3.63, 3.8) is 0 Å². The van der Waals surface area contributed by atoms with Gasteiger partial charge in [-0.05, 0) is 18.6 Å². The van der Waals surface area contributed by atoms with Crippen LogP contribution in [0.1, 0.15) is 6.42 Å². The summed E-state index contributed by atoms with van der Waals surface area (Å²) in [5.41, 5.74) is 6.32. The van der Waals surface area contributed by atoms with Crippen molar-refractivity contribution in [1.82, 2.24) is 4.90 Å². The Hall–Kier alpha value is -0.520. The molecule has 0 aromatic heterocycles. The number of carbonyl (C=O) groups is 1. The zero-order valence-corrected chi connectivity index (χ0v) is 12.6. The summed E-state index contributed by atoms with van der Waals surface area (Å²) in [6.45, 7) is 1.95. The third-order valence-corrected chi connectivity index (χ3v) is 3.72. The SMILES string of the molecule is Cl.N[C@@H]1CCN(CC(=O)Nc2cccc(Cl)c2Cl)C1. The Morgan fingerprint density at radius 2 is 2.21 bits per heavy atom. The van der Waals surface area contributed by atoms with Gasteiger partial charge in [0.05, 0.1) is 22.3 Å². The van der Waals surface area contributed by atoms with Gasteiger partial charge in [0.25, 0.3) is 0 Å². The molecular weight excluding hydrogens is 309 g/mol. The second-order valence-electron chi connectivity index (χ2n) is 4.43. The number of amides is 1. The molecule has 4 nitrogen and oxygen atoms in total. The maximum Gasteiger partial charge on any atom is 0.238 e. The van der Waals surface area contributed by atoms with Crippen LogP contribution in [0.3, 0.4) is 0 Å². The van der Waals surface area contributed by atoms with Crippen LogP contribution >= 0.6 is 35.6 Å². The van der Waals surface area contributed by atoms with E-state index in [-0.39, 0.29) is 24.4 Å². The van der Waals surface area contributed by atoms with E-state index in [4.69, 9.17) is 28.9 Å². The van der Waals surface area contributed by atoms with Crippen LogP contribution in [0.15, 0.2) is 18.2 Å².